The summed E-state index contributed by atoms with van der Waals surface area (Å²) in [5.41, 5.74) is 1.32. The number of amides is 2. The third-order valence-corrected chi connectivity index (χ3v) is 5.14. The number of carbonyl (C=O) groups is 1. The van der Waals surface area contributed by atoms with Crippen molar-refractivity contribution in [2.24, 2.45) is 12.5 Å². The minimum Gasteiger partial charge on any atom is -0.337 e. The fraction of sp³-hybridized carbons (Fsp3) is 0.550. The van der Waals surface area contributed by atoms with Crippen molar-refractivity contribution in [3.05, 3.63) is 48.0 Å². The number of aryl methyl sites for hydroxylation is 1. The van der Waals surface area contributed by atoms with Gasteiger partial charge in [-0.05, 0) is 30.2 Å². The predicted molar refractivity (Wildman–Crippen MR) is 102 cm³/mol. The molecule has 2 amide bonds. The number of urea groups is 1. The summed E-state index contributed by atoms with van der Waals surface area (Å²) in [5, 5.41) is 11.3. The molecule has 0 aliphatic carbocycles. The predicted octanol–water partition coefficient (Wildman–Crippen LogP) is 2.97. The lowest BCUT2D eigenvalue weighted by Crippen LogP contribution is -2.47. The van der Waals surface area contributed by atoms with Crippen LogP contribution in [0.25, 0.3) is 0 Å². The Bertz CT molecular complexity index is 717. The molecule has 6 nitrogen and oxygen atoms in total. The summed E-state index contributed by atoms with van der Waals surface area (Å²) in [6.07, 6.45) is 4.56. The van der Waals surface area contributed by atoms with Crippen LogP contribution in [-0.2, 0) is 13.5 Å². The molecule has 1 N–H and O–H groups in total. The number of hydrogen-bond acceptors (Lipinski definition) is 3. The number of rotatable bonds is 5. The van der Waals surface area contributed by atoms with Gasteiger partial charge in [-0.15, -0.1) is 10.2 Å². The lowest BCUT2D eigenvalue weighted by molar-refractivity contribution is 0.175. The van der Waals surface area contributed by atoms with Gasteiger partial charge in [-0.3, -0.25) is 0 Å². The normalized spacial score (nSPS) is 15.9. The minimum absolute atomic E-state index is 0.0218. The molecule has 0 saturated carbocycles. The van der Waals surface area contributed by atoms with E-state index >= 15 is 0 Å². The number of nitrogens with one attached hydrogen (secondary N) is 1. The Labute approximate surface area is 155 Å². The Hall–Kier alpha value is -2.37. The van der Waals surface area contributed by atoms with Crippen molar-refractivity contribution in [1.82, 2.24) is 25.0 Å². The molecule has 1 fully saturated rings. The van der Waals surface area contributed by atoms with Gasteiger partial charge in [0, 0.05) is 32.6 Å². The van der Waals surface area contributed by atoms with Gasteiger partial charge >= 0.3 is 6.03 Å². The van der Waals surface area contributed by atoms with Gasteiger partial charge in [-0.25, -0.2) is 4.79 Å². The highest BCUT2D eigenvalue weighted by Gasteiger charge is 2.27. The van der Waals surface area contributed by atoms with Gasteiger partial charge in [0.2, 0.25) is 0 Å². The van der Waals surface area contributed by atoms with Crippen LogP contribution in [0.3, 0.4) is 0 Å². The van der Waals surface area contributed by atoms with Crippen LogP contribution >= 0.6 is 0 Å². The zero-order valence-corrected chi connectivity index (χ0v) is 16.0. The van der Waals surface area contributed by atoms with Crippen LogP contribution in [-0.4, -0.2) is 45.3 Å². The molecule has 1 aromatic heterocycles. The molecule has 6 heteroatoms. The fourth-order valence-corrected chi connectivity index (χ4v) is 3.64. The summed E-state index contributed by atoms with van der Waals surface area (Å²) >= 11 is 0. The summed E-state index contributed by atoms with van der Waals surface area (Å²) in [6.45, 7) is 6.59. The number of likely N-dealkylation sites (tertiary alicyclic amines) is 1. The SMILES string of the molecule is Cn1cnnc1C1CCN(C(=O)NCC(C)(C)Cc2ccccc2)CC1. The highest BCUT2D eigenvalue weighted by atomic mass is 16.2. The number of carbonyl (C=O) groups excluding carboxylic acids is 1. The van der Waals surface area contributed by atoms with Gasteiger partial charge < -0.3 is 14.8 Å². The standard InChI is InChI=1S/C20H29N5O/c1-20(2,13-16-7-5-4-6-8-16)14-21-19(26)25-11-9-17(10-12-25)18-23-22-15-24(18)3/h4-8,15,17H,9-14H2,1-3H3,(H,21,26). The van der Waals surface area contributed by atoms with Crippen molar-refractivity contribution in [3.8, 4) is 0 Å². The summed E-state index contributed by atoms with van der Waals surface area (Å²) in [7, 11) is 1.98. The molecule has 0 bridgehead atoms. The molecule has 1 aliphatic rings. The second kappa shape index (κ2) is 7.89. The van der Waals surface area contributed by atoms with Crippen molar-refractivity contribution < 1.29 is 4.79 Å². The molecular weight excluding hydrogens is 326 g/mol. The Morgan fingerprint density at radius 1 is 1.23 bits per heavy atom. The van der Waals surface area contributed by atoms with E-state index in [2.05, 4.69) is 53.6 Å². The molecule has 0 unspecified atom stereocenters. The second-order valence-corrected chi connectivity index (χ2v) is 8.05. The molecule has 3 rings (SSSR count). The van der Waals surface area contributed by atoms with Crippen LogP contribution in [0.15, 0.2) is 36.7 Å². The molecule has 1 aromatic carbocycles. The second-order valence-electron chi connectivity index (χ2n) is 8.05. The smallest absolute Gasteiger partial charge is 0.317 e. The van der Waals surface area contributed by atoms with Gasteiger partial charge in [-0.1, -0.05) is 44.2 Å². The average Bonchev–Trinajstić information content (AvgIpc) is 3.06. The Kier molecular flexibility index (Phi) is 5.59. The minimum atomic E-state index is 0.0218. The molecule has 1 saturated heterocycles. The van der Waals surface area contributed by atoms with Crippen LogP contribution in [0.1, 0.15) is 44.0 Å². The maximum Gasteiger partial charge on any atom is 0.317 e. The van der Waals surface area contributed by atoms with Crippen molar-refractivity contribution in [3.63, 3.8) is 0 Å². The lowest BCUT2D eigenvalue weighted by atomic mass is 9.86. The van der Waals surface area contributed by atoms with E-state index in [0.717, 1.165) is 38.2 Å². The number of nitrogens with zero attached hydrogens (tertiary/aromatic N) is 4. The van der Waals surface area contributed by atoms with Crippen LogP contribution in [0.5, 0.6) is 0 Å². The Morgan fingerprint density at radius 3 is 2.54 bits per heavy atom. The first-order valence-corrected chi connectivity index (χ1v) is 9.35. The zero-order valence-electron chi connectivity index (χ0n) is 16.0. The number of benzene rings is 1. The largest absolute Gasteiger partial charge is 0.337 e. The van der Waals surface area contributed by atoms with E-state index in [-0.39, 0.29) is 11.4 Å². The molecule has 0 spiro atoms. The van der Waals surface area contributed by atoms with E-state index in [1.165, 1.54) is 5.56 Å². The molecule has 2 heterocycles. The maximum absolute atomic E-state index is 12.5. The van der Waals surface area contributed by atoms with Crippen LogP contribution in [0, 0.1) is 5.41 Å². The van der Waals surface area contributed by atoms with E-state index in [4.69, 9.17) is 0 Å². The first-order valence-electron chi connectivity index (χ1n) is 9.35. The number of hydrogen-bond donors (Lipinski definition) is 1. The van der Waals surface area contributed by atoms with Gasteiger partial charge in [0.1, 0.15) is 12.2 Å². The molecule has 2 aromatic rings. The third-order valence-electron chi connectivity index (χ3n) is 5.14. The Balaban J connectivity index is 1.46. The molecule has 1 aliphatic heterocycles. The van der Waals surface area contributed by atoms with Crippen molar-refractivity contribution >= 4 is 6.03 Å². The van der Waals surface area contributed by atoms with Gasteiger partial charge in [0.25, 0.3) is 0 Å². The van der Waals surface area contributed by atoms with E-state index < -0.39 is 0 Å². The molecule has 140 valence electrons. The van der Waals surface area contributed by atoms with Crippen LogP contribution < -0.4 is 5.32 Å². The fourth-order valence-electron chi connectivity index (χ4n) is 3.64. The quantitative estimate of drug-likeness (QED) is 0.897. The molecule has 0 atom stereocenters. The van der Waals surface area contributed by atoms with Gasteiger partial charge in [0.05, 0.1) is 0 Å². The first-order chi connectivity index (χ1) is 12.4. The lowest BCUT2D eigenvalue weighted by Gasteiger charge is -2.33. The van der Waals surface area contributed by atoms with Crippen LogP contribution in [0.4, 0.5) is 4.79 Å². The number of piperidine rings is 1. The highest BCUT2D eigenvalue weighted by Crippen LogP contribution is 2.26. The Morgan fingerprint density at radius 2 is 1.92 bits per heavy atom. The summed E-state index contributed by atoms with van der Waals surface area (Å²) in [5.74, 6) is 1.41. The summed E-state index contributed by atoms with van der Waals surface area (Å²) < 4.78 is 1.98. The first kappa shape index (κ1) is 18.4. The monoisotopic (exact) mass is 355 g/mol. The van der Waals surface area contributed by atoms with Crippen molar-refractivity contribution in [2.75, 3.05) is 19.6 Å². The van der Waals surface area contributed by atoms with Gasteiger partial charge in [0.15, 0.2) is 0 Å². The summed E-state index contributed by atoms with van der Waals surface area (Å²) in [4.78, 5) is 14.5. The average molecular weight is 355 g/mol. The number of aromatic nitrogens is 3. The zero-order chi connectivity index (χ0) is 18.6. The van der Waals surface area contributed by atoms with E-state index in [1.807, 2.05) is 22.6 Å². The maximum atomic E-state index is 12.5. The van der Waals surface area contributed by atoms with Crippen molar-refractivity contribution in [2.45, 2.75) is 39.0 Å². The van der Waals surface area contributed by atoms with Gasteiger partial charge in [-0.2, -0.15) is 0 Å². The van der Waals surface area contributed by atoms with Crippen molar-refractivity contribution in [1.29, 1.82) is 0 Å². The van der Waals surface area contributed by atoms with E-state index in [0.29, 0.717) is 12.5 Å². The highest BCUT2D eigenvalue weighted by molar-refractivity contribution is 5.74. The third kappa shape index (κ3) is 4.62. The molecule has 26 heavy (non-hydrogen) atoms. The van der Waals surface area contributed by atoms with E-state index in [1.54, 1.807) is 6.33 Å². The van der Waals surface area contributed by atoms with E-state index in [9.17, 15) is 4.79 Å². The van der Waals surface area contributed by atoms with Crippen LogP contribution in [0.2, 0.25) is 0 Å². The topological polar surface area (TPSA) is 63.1 Å². The summed E-state index contributed by atoms with van der Waals surface area (Å²) in [6, 6.07) is 10.5. The molecule has 0 radical (unpaired) electrons. The molecular formula is C20H29N5O.